The molecule has 0 unspecified atom stereocenters. The fourth-order valence-corrected chi connectivity index (χ4v) is 2.01. The molecule has 0 bridgehead atoms. The van der Waals surface area contributed by atoms with Gasteiger partial charge in [0.25, 0.3) is 0 Å². The molecule has 1 heterocycles. The second-order valence-electron chi connectivity index (χ2n) is 3.39. The number of nitrogens with zero attached hydrogens (tertiary/aromatic N) is 1. The van der Waals surface area contributed by atoms with Gasteiger partial charge in [0.1, 0.15) is 5.82 Å². The van der Waals surface area contributed by atoms with Crippen LogP contribution in [0.5, 0.6) is 0 Å². The average Bonchev–Trinajstić information content (AvgIpc) is 2.29. The van der Waals surface area contributed by atoms with Crippen molar-refractivity contribution in [1.29, 1.82) is 0 Å². The first-order chi connectivity index (χ1) is 7.15. The van der Waals surface area contributed by atoms with Crippen LogP contribution in [-0.4, -0.2) is 22.3 Å². The van der Waals surface area contributed by atoms with Crippen LogP contribution in [0.1, 0.15) is 13.3 Å². The van der Waals surface area contributed by atoms with Crippen molar-refractivity contribution in [3.63, 3.8) is 0 Å². The molecule has 0 amide bonds. The summed E-state index contributed by atoms with van der Waals surface area (Å²) in [5.41, 5.74) is -0.302. The van der Waals surface area contributed by atoms with Crippen LogP contribution in [0.3, 0.4) is 0 Å². The van der Waals surface area contributed by atoms with Crippen LogP contribution < -0.4 is 5.32 Å². The first-order valence-electron chi connectivity index (χ1n) is 4.67. The van der Waals surface area contributed by atoms with Crippen molar-refractivity contribution >= 4 is 40.6 Å². The smallest absolute Gasteiger partial charge is 0.126 e. The van der Waals surface area contributed by atoms with E-state index in [-0.39, 0.29) is 5.54 Å². The lowest BCUT2D eigenvalue weighted by Gasteiger charge is -2.30. The van der Waals surface area contributed by atoms with Crippen LogP contribution in [0, 0.1) is 0 Å². The van der Waals surface area contributed by atoms with Gasteiger partial charge >= 0.3 is 0 Å². The Balaban J connectivity index is 2.78. The van der Waals surface area contributed by atoms with Crippen LogP contribution in [0.15, 0.2) is 18.3 Å². The molecule has 2 nitrogen and oxygen atoms in total. The van der Waals surface area contributed by atoms with Gasteiger partial charge in [0.2, 0.25) is 0 Å². The van der Waals surface area contributed by atoms with Crippen LogP contribution in [-0.2, 0) is 0 Å². The van der Waals surface area contributed by atoms with E-state index in [4.69, 9.17) is 34.8 Å². The standard InChI is InChI=1S/C10H13Cl3N2/c1-2-10(6-11,7-12)15-9-4-3-8(13)5-14-9/h3-5H,2,6-7H2,1H3,(H,14,15). The van der Waals surface area contributed by atoms with Crippen molar-refractivity contribution in [3.8, 4) is 0 Å². The molecule has 84 valence electrons. The molecule has 1 aromatic rings. The Kier molecular flexibility index (Phi) is 4.97. The van der Waals surface area contributed by atoms with Crippen LogP contribution >= 0.6 is 34.8 Å². The molecule has 1 rings (SSSR count). The minimum Gasteiger partial charge on any atom is -0.362 e. The second kappa shape index (κ2) is 5.78. The van der Waals surface area contributed by atoms with E-state index in [1.165, 1.54) is 0 Å². The van der Waals surface area contributed by atoms with Crippen LogP contribution in [0.2, 0.25) is 5.02 Å². The summed E-state index contributed by atoms with van der Waals surface area (Å²) in [6, 6.07) is 3.59. The topological polar surface area (TPSA) is 24.9 Å². The summed E-state index contributed by atoms with van der Waals surface area (Å²) in [6.45, 7) is 2.04. The van der Waals surface area contributed by atoms with E-state index in [0.29, 0.717) is 16.8 Å². The molecule has 0 radical (unpaired) electrons. The highest BCUT2D eigenvalue weighted by Crippen LogP contribution is 2.21. The lowest BCUT2D eigenvalue weighted by Crippen LogP contribution is -2.42. The summed E-state index contributed by atoms with van der Waals surface area (Å²) in [5, 5.41) is 3.85. The molecule has 1 aromatic heterocycles. The Labute approximate surface area is 105 Å². The van der Waals surface area contributed by atoms with Gasteiger partial charge in [-0.05, 0) is 18.6 Å². The van der Waals surface area contributed by atoms with Crippen LogP contribution in [0.25, 0.3) is 0 Å². The number of nitrogens with one attached hydrogen (secondary N) is 1. The summed E-state index contributed by atoms with van der Waals surface area (Å²) in [5.74, 6) is 1.62. The molecule has 0 aromatic carbocycles. The fraction of sp³-hybridized carbons (Fsp3) is 0.500. The number of alkyl halides is 2. The van der Waals surface area contributed by atoms with Gasteiger partial charge in [-0.3, -0.25) is 0 Å². The van der Waals surface area contributed by atoms with Crippen LogP contribution in [0.4, 0.5) is 5.82 Å². The van der Waals surface area contributed by atoms with Crippen molar-refractivity contribution in [2.24, 2.45) is 0 Å². The van der Waals surface area contributed by atoms with Gasteiger partial charge in [-0.1, -0.05) is 18.5 Å². The van der Waals surface area contributed by atoms with Crippen molar-refractivity contribution in [3.05, 3.63) is 23.4 Å². The van der Waals surface area contributed by atoms with E-state index in [2.05, 4.69) is 10.3 Å². The molecule has 0 spiro atoms. The molecule has 0 atom stereocenters. The van der Waals surface area contributed by atoms with Crippen molar-refractivity contribution in [1.82, 2.24) is 4.98 Å². The Hall–Kier alpha value is -0.180. The number of aromatic nitrogens is 1. The average molecular weight is 268 g/mol. The SMILES string of the molecule is CCC(CCl)(CCl)Nc1ccc(Cl)cn1. The molecular weight excluding hydrogens is 254 g/mol. The Bertz CT molecular complexity index is 288. The second-order valence-corrected chi connectivity index (χ2v) is 4.36. The van der Waals surface area contributed by atoms with Gasteiger partial charge in [0.15, 0.2) is 0 Å². The molecule has 0 aliphatic rings. The number of anilines is 1. The monoisotopic (exact) mass is 266 g/mol. The quantitative estimate of drug-likeness (QED) is 0.822. The fourth-order valence-electron chi connectivity index (χ4n) is 1.10. The van der Waals surface area contributed by atoms with E-state index in [0.717, 1.165) is 12.2 Å². The summed E-state index contributed by atoms with van der Waals surface area (Å²) in [7, 11) is 0. The number of hydrogen-bond acceptors (Lipinski definition) is 2. The molecule has 0 fully saturated rings. The van der Waals surface area contributed by atoms with E-state index >= 15 is 0 Å². The van der Waals surface area contributed by atoms with Gasteiger partial charge in [0, 0.05) is 18.0 Å². The van der Waals surface area contributed by atoms with E-state index in [1.807, 2.05) is 13.0 Å². The van der Waals surface area contributed by atoms with Gasteiger partial charge in [-0.15, -0.1) is 23.2 Å². The van der Waals surface area contributed by atoms with E-state index < -0.39 is 0 Å². The number of rotatable bonds is 5. The lowest BCUT2D eigenvalue weighted by molar-refractivity contribution is 0.558. The van der Waals surface area contributed by atoms with Gasteiger partial charge in [0.05, 0.1) is 10.6 Å². The Morgan fingerprint density at radius 1 is 1.33 bits per heavy atom. The zero-order valence-electron chi connectivity index (χ0n) is 8.43. The zero-order chi connectivity index (χ0) is 11.3. The Morgan fingerprint density at radius 3 is 2.40 bits per heavy atom. The first kappa shape index (κ1) is 12.9. The molecule has 0 saturated heterocycles. The highest BCUT2D eigenvalue weighted by molar-refractivity contribution is 6.30. The van der Waals surface area contributed by atoms with Gasteiger partial charge in [-0.25, -0.2) is 4.98 Å². The predicted octanol–water partition coefficient (Wildman–Crippen LogP) is 3.77. The minimum absolute atomic E-state index is 0.302. The van der Waals surface area contributed by atoms with Gasteiger partial charge < -0.3 is 5.32 Å². The maximum atomic E-state index is 5.90. The molecule has 5 heteroatoms. The third-order valence-corrected chi connectivity index (χ3v) is 3.56. The summed E-state index contributed by atoms with van der Waals surface area (Å²) in [6.07, 6.45) is 2.43. The maximum Gasteiger partial charge on any atom is 0.126 e. The minimum atomic E-state index is -0.302. The van der Waals surface area contributed by atoms with Crippen molar-refractivity contribution < 1.29 is 0 Å². The summed E-state index contributed by atoms with van der Waals surface area (Å²) in [4.78, 5) is 4.15. The Morgan fingerprint density at radius 2 is 2.00 bits per heavy atom. The number of pyridine rings is 1. The molecule has 0 saturated carbocycles. The highest BCUT2D eigenvalue weighted by atomic mass is 35.5. The van der Waals surface area contributed by atoms with Gasteiger partial charge in [-0.2, -0.15) is 0 Å². The number of halogens is 3. The highest BCUT2D eigenvalue weighted by Gasteiger charge is 2.26. The molecular formula is C10H13Cl3N2. The zero-order valence-corrected chi connectivity index (χ0v) is 10.7. The molecule has 15 heavy (non-hydrogen) atoms. The van der Waals surface area contributed by atoms with Crippen molar-refractivity contribution in [2.75, 3.05) is 17.1 Å². The third kappa shape index (κ3) is 3.40. The third-order valence-electron chi connectivity index (χ3n) is 2.31. The normalized spacial score (nSPS) is 11.5. The molecule has 1 N–H and O–H groups in total. The first-order valence-corrected chi connectivity index (χ1v) is 6.12. The number of hydrogen-bond donors (Lipinski definition) is 1. The maximum absolute atomic E-state index is 5.90. The van der Waals surface area contributed by atoms with Crippen molar-refractivity contribution in [2.45, 2.75) is 18.9 Å². The molecule has 0 aliphatic carbocycles. The summed E-state index contributed by atoms with van der Waals surface area (Å²) >= 11 is 17.6. The lowest BCUT2D eigenvalue weighted by atomic mass is 10.0. The summed E-state index contributed by atoms with van der Waals surface area (Å²) < 4.78 is 0. The molecule has 0 aliphatic heterocycles. The predicted molar refractivity (Wildman–Crippen MR) is 67.3 cm³/mol. The van der Waals surface area contributed by atoms with E-state index in [1.54, 1.807) is 12.3 Å². The largest absolute Gasteiger partial charge is 0.362 e. The van der Waals surface area contributed by atoms with E-state index in [9.17, 15) is 0 Å².